The molecule has 2 rings (SSSR count). The van der Waals surface area contributed by atoms with E-state index in [2.05, 4.69) is 17.5 Å². The van der Waals surface area contributed by atoms with E-state index in [1.54, 1.807) is 0 Å². The van der Waals surface area contributed by atoms with Gasteiger partial charge in [0.05, 0.1) is 0 Å². The summed E-state index contributed by atoms with van der Waals surface area (Å²) in [6, 6.07) is 0. The summed E-state index contributed by atoms with van der Waals surface area (Å²) in [5.74, 6) is 0. The van der Waals surface area contributed by atoms with Crippen LogP contribution in [0.2, 0.25) is 0 Å². The van der Waals surface area contributed by atoms with Crippen LogP contribution in [0.25, 0.3) is 0 Å². The largest absolute Gasteiger partial charge is 0.363 e. The number of allylic oxidation sites excluding steroid dienone is 4. The van der Waals surface area contributed by atoms with Crippen LogP contribution in [-0.2, 0) is 0 Å². The molecule has 96 valence electrons. The van der Waals surface area contributed by atoms with E-state index in [4.69, 9.17) is 0 Å². The van der Waals surface area contributed by atoms with E-state index in [0.717, 1.165) is 0 Å². The Morgan fingerprint density at radius 2 is 1.06 bits per heavy atom. The van der Waals surface area contributed by atoms with Gasteiger partial charge in [-0.3, -0.25) is 0 Å². The second-order valence-electron chi connectivity index (χ2n) is 5.49. The van der Waals surface area contributed by atoms with Crippen molar-refractivity contribution in [3.8, 4) is 0 Å². The molecule has 0 heterocycles. The van der Waals surface area contributed by atoms with Crippen LogP contribution in [0, 0.1) is 0 Å². The first-order chi connectivity index (χ1) is 8.45. The van der Waals surface area contributed by atoms with Crippen molar-refractivity contribution in [2.45, 2.75) is 77.0 Å². The van der Waals surface area contributed by atoms with Crippen molar-refractivity contribution in [2.24, 2.45) is 0 Å². The monoisotopic (exact) mass is 233 g/mol. The van der Waals surface area contributed by atoms with Crippen LogP contribution < -0.4 is 5.32 Å². The van der Waals surface area contributed by atoms with Crippen molar-refractivity contribution >= 4 is 0 Å². The minimum Gasteiger partial charge on any atom is -0.363 e. The Hall–Kier alpha value is -0.720. The lowest BCUT2D eigenvalue weighted by Crippen LogP contribution is -2.14. The third kappa shape index (κ3) is 4.97. The molecule has 2 aliphatic carbocycles. The van der Waals surface area contributed by atoms with Gasteiger partial charge >= 0.3 is 0 Å². The van der Waals surface area contributed by atoms with Crippen LogP contribution >= 0.6 is 0 Å². The topological polar surface area (TPSA) is 12.0 Å². The summed E-state index contributed by atoms with van der Waals surface area (Å²) in [6.45, 7) is 0. The molecule has 0 spiro atoms. The average molecular weight is 233 g/mol. The van der Waals surface area contributed by atoms with Gasteiger partial charge in [-0.15, -0.1) is 0 Å². The molecule has 0 aromatic heterocycles. The van der Waals surface area contributed by atoms with Gasteiger partial charge < -0.3 is 5.32 Å². The number of rotatable bonds is 2. The van der Waals surface area contributed by atoms with Crippen molar-refractivity contribution in [3.63, 3.8) is 0 Å². The normalized spacial score (nSPS) is 29.6. The zero-order valence-corrected chi connectivity index (χ0v) is 11.1. The van der Waals surface area contributed by atoms with Crippen LogP contribution in [-0.4, -0.2) is 0 Å². The van der Waals surface area contributed by atoms with Crippen LogP contribution in [0.15, 0.2) is 23.5 Å². The van der Waals surface area contributed by atoms with Crippen molar-refractivity contribution in [2.75, 3.05) is 0 Å². The minimum absolute atomic E-state index is 1.26. The summed E-state index contributed by atoms with van der Waals surface area (Å²) in [4.78, 5) is 0. The maximum Gasteiger partial charge on any atom is 0.0108 e. The number of nitrogens with one attached hydrogen (secondary N) is 1. The molecule has 1 nitrogen and oxygen atoms in total. The van der Waals surface area contributed by atoms with Crippen LogP contribution in [0.1, 0.15) is 77.0 Å². The maximum absolute atomic E-state index is 3.72. The second kappa shape index (κ2) is 7.58. The summed E-state index contributed by atoms with van der Waals surface area (Å²) < 4.78 is 0. The van der Waals surface area contributed by atoms with Crippen LogP contribution in [0.5, 0.6) is 0 Å². The predicted octanol–water partition coefficient (Wildman–Crippen LogP) is 5.05. The summed E-state index contributed by atoms with van der Waals surface area (Å²) in [6.07, 6.45) is 21.1. The standard InChI is InChI=1S/C16H27N/c1-3-7-11-15(12-8-4-1)17-16-13-9-5-2-6-10-14-16/h11,13,17H,1-10,12,14H2/b15-11+,16-13+. The fourth-order valence-corrected chi connectivity index (χ4v) is 2.82. The van der Waals surface area contributed by atoms with E-state index in [0.29, 0.717) is 0 Å². The highest BCUT2D eigenvalue weighted by Gasteiger charge is 2.05. The maximum atomic E-state index is 3.72. The molecule has 1 heteroatoms. The lowest BCUT2D eigenvalue weighted by molar-refractivity contribution is 0.587. The summed E-state index contributed by atoms with van der Waals surface area (Å²) >= 11 is 0. The highest BCUT2D eigenvalue weighted by Crippen LogP contribution is 2.20. The second-order valence-corrected chi connectivity index (χ2v) is 5.49. The highest BCUT2D eigenvalue weighted by molar-refractivity contribution is 5.12. The third-order valence-corrected chi connectivity index (χ3v) is 3.90. The third-order valence-electron chi connectivity index (χ3n) is 3.90. The van der Waals surface area contributed by atoms with Gasteiger partial charge in [0.2, 0.25) is 0 Å². The van der Waals surface area contributed by atoms with Gasteiger partial charge in [0.15, 0.2) is 0 Å². The van der Waals surface area contributed by atoms with E-state index in [-0.39, 0.29) is 0 Å². The molecule has 0 amide bonds. The van der Waals surface area contributed by atoms with E-state index in [9.17, 15) is 0 Å². The van der Waals surface area contributed by atoms with Crippen molar-refractivity contribution in [1.82, 2.24) is 5.32 Å². The van der Waals surface area contributed by atoms with Crippen molar-refractivity contribution < 1.29 is 0 Å². The Morgan fingerprint density at radius 3 is 1.59 bits per heavy atom. The molecule has 17 heavy (non-hydrogen) atoms. The van der Waals surface area contributed by atoms with Crippen LogP contribution in [0.3, 0.4) is 0 Å². The summed E-state index contributed by atoms with van der Waals surface area (Å²) in [5, 5.41) is 3.72. The molecule has 0 aliphatic heterocycles. The summed E-state index contributed by atoms with van der Waals surface area (Å²) in [7, 11) is 0. The molecule has 0 saturated heterocycles. The first-order valence-electron chi connectivity index (χ1n) is 7.60. The first-order valence-corrected chi connectivity index (χ1v) is 7.60. The highest BCUT2D eigenvalue weighted by atomic mass is 14.9. The van der Waals surface area contributed by atoms with Crippen molar-refractivity contribution in [3.05, 3.63) is 23.5 Å². The molecule has 0 fully saturated rings. The molecule has 0 aromatic carbocycles. The molecular formula is C16H27N. The molecule has 0 aromatic rings. The molecule has 0 bridgehead atoms. The first kappa shape index (κ1) is 12.7. The predicted molar refractivity (Wildman–Crippen MR) is 74.7 cm³/mol. The SMILES string of the molecule is C1=C(/N/C2=C/CCCCCC2)CCCCCC/1. The van der Waals surface area contributed by atoms with Gasteiger partial charge in [-0.1, -0.05) is 37.8 Å². The van der Waals surface area contributed by atoms with Gasteiger partial charge in [-0.2, -0.15) is 0 Å². The van der Waals surface area contributed by atoms with E-state index in [1.807, 2.05) is 0 Å². The number of hydrogen-bond donors (Lipinski definition) is 1. The molecule has 0 unspecified atom stereocenters. The van der Waals surface area contributed by atoms with Crippen LogP contribution in [0.4, 0.5) is 0 Å². The molecule has 2 aliphatic rings. The Kier molecular flexibility index (Phi) is 5.67. The fraction of sp³-hybridized carbons (Fsp3) is 0.750. The van der Waals surface area contributed by atoms with E-state index < -0.39 is 0 Å². The van der Waals surface area contributed by atoms with Gasteiger partial charge in [0, 0.05) is 11.4 Å². The van der Waals surface area contributed by atoms with E-state index in [1.165, 1.54) is 88.4 Å². The Morgan fingerprint density at radius 1 is 0.588 bits per heavy atom. The van der Waals surface area contributed by atoms with E-state index >= 15 is 0 Å². The van der Waals surface area contributed by atoms with Gasteiger partial charge in [-0.05, 0) is 51.4 Å². The lowest BCUT2D eigenvalue weighted by atomic mass is 10.0. The van der Waals surface area contributed by atoms with Gasteiger partial charge in [-0.25, -0.2) is 0 Å². The number of hydrogen-bond acceptors (Lipinski definition) is 1. The summed E-state index contributed by atoms with van der Waals surface area (Å²) in [5.41, 5.74) is 2.99. The minimum atomic E-state index is 1.26. The molecular weight excluding hydrogens is 206 g/mol. The Bertz CT molecular complexity index is 247. The molecule has 1 N–H and O–H groups in total. The average Bonchev–Trinajstić information content (AvgIpc) is 2.24. The molecule has 0 atom stereocenters. The van der Waals surface area contributed by atoms with Gasteiger partial charge in [0.1, 0.15) is 0 Å². The zero-order valence-electron chi connectivity index (χ0n) is 11.1. The zero-order chi connectivity index (χ0) is 11.8. The lowest BCUT2D eigenvalue weighted by Gasteiger charge is -2.18. The quantitative estimate of drug-likeness (QED) is 0.703. The Balaban J connectivity index is 1.88. The fourth-order valence-electron chi connectivity index (χ4n) is 2.82. The van der Waals surface area contributed by atoms with Gasteiger partial charge in [0.25, 0.3) is 0 Å². The van der Waals surface area contributed by atoms with Crippen molar-refractivity contribution in [1.29, 1.82) is 0 Å². The smallest absolute Gasteiger partial charge is 0.0108 e. The molecule has 0 saturated carbocycles. The Labute approximate surface area is 106 Å². The molecule has 0 radical (unpaired) electrons.